The largest absolute Gasteiger partial charge is 0.412 e. The fraction of sp³-hybridized carbons (Fsp3) is 0. The Morgan fingerprint density at radius 3 is 2.40 bits per heavy atom. The first kappa shape index (κ1) is 12.7. The average Bonchev–Trinajstić information content (AvgIpc) is 2.41. The van der Waals surface area contributed by atoms with Crippen LogP contribution in [-0.4, -0.2) is 15.9 Å². The second-order valence-corrected chi connectivity index (χ2v) is 2.44. The summed E-state index contributed by atoms with van der Waals surface area (Å²) in [5.74, 6) is 0. The first-order valence-electron chi connectivity index (χ1n) is 2.10. The normalized spacial score (nSPS) is 9.20. The minimum atomic E-state index is 0. The van der Waals surface area contributed by atoms with E-state index < -0.39 is 0 Å². The summed E-state index contributed by atoms with van der Waals surface area (Å²) >= 11 is 1.75. The van der Waals surface area contributed by atoms with Crippen molar-refractivity contribution in [2.24, 2.45) is 0 Å². The summed E-state index contributed by atoms with van der Waals surface area (Å²) in [6.07, 6.45) is 1.82. The van der Waals surface area contributed by atoms with Crippen LogP contribution in [-0.2, 0) is 19.5 Å². The number of aromatic nitrogens is 1. The Hall–Kier alpha value is 0.0434. The molecule has 3 nitrogen and oxygen atoms in total. The van der Waals surface area contributed by atoms with E-state index in [2.05, 4.69) is 11.1 Å². The molecule has 0 spiro atoms. The summed E-state index contributed by atoms with van der Waals surface area (Å²) in [6, 6.07) is 4.03. The third kappa shape index (κ3) is 2.35. The molecule has 1 aliphatic rings. The van der Waals surface area contributed by atoms with Crippen LogP contribution in [0.2, 0.25) is 0 Å². The van der Waals surface area contributed by atoms with Gasteiger partial charge in [0.25, 0.3) is 0 Å². The minimum Gasteiger partial charge on any atom is -0.412 e. The summed E-state index contributed by atoms with van der Waals surface area (Å²) in [7, 11) is 0. The summed E-state index contributed by atoms with van der Waals surface area (Å²) in [4.78, 5) is 5.37. The Bertz CT molecular complexity index is 188. The first-order chi connectivity index (χ1) is 3.47. The molecule has 10 heavy (non-hydrogen) atoms. The number of fused-ring (bicyclic) bond motifs is 1. The van der Waals surface area contributed by atoms with Gasteiger partial charge in [-0.25, -0.2) is 4.98 Å². The number of hydrogen-bond acceptors (Lipinski definition) is 2. The van der Waals surface area contributed by atoms with E-state index in [0.29, 0.717) is 0 Å². The molecule has 1 aliphatic heterocycles. The van der Waals surface area contributed by atoms with Crippen LogP contribution in [0.3, 0.4) is 0 Å². The number of rotatable bonds is 0. The average molecular weight is 211 g/mol. The summed E-state index contributed by atoms with van der Waals surface area (Å²) in [5.41, 5.74) is 0. The van der Waals surface area contributed by atoms with Gasteiger partial charge in [0.2, 0.25) is 0 Å². The van der Waals surface area contributed by atoms with E-state index in [4.69, 9.17) is 0 Å². The summed E-state index contributed by atoms with van der Waals surface area (Å²) in [5, 5.41) is 1.20. The van der Waals surface area contributed by atoms with Crippen molar-refractivity contribution in [2.75, 3.05) is 0 Å². The van der Waals surface area contributed by atoms with E-state index in [1.807, 2.05) is 12.3 Å². The molecule has 0 amide bonds. The zero-order chi connectivity index (χ0) is 4.69. The molecule has 52 valence electrons. The fourth-order valence-corrected chi connectivity index (χ4v) is 1.05. The zero-order valence-corrected chi connectivity index (χ0v) is 9.08. The van der Waals surface area contributed by atoms with Gasteiger partial charge in [0.05, 0.1) is 0 Å². The minimum absolute atomic E-state index is 0. The second kappa shape index (κ2) is 4.80. The van der Waals surface area contributed by atoms with Crippen LogP contribution in [0, 0.1) is 0 Å². The van der Waals surface area contributed by atoms with Gasteiger partial charge >= 0.3 is 0 Å². The molecule has 1 aromatic heterocycles. The summed E-state index contributed by atoms with van der Waals surface area (Å²) < 4.78 is 0. The fourth-order valence-electron chi connectivity index (χ4n) is 0.515. The Labute approximate surface area is 75.6 Å². The smallest absolute Gasteiger partial charge is 0.115 e. The molecule has 0 aliphatic carbocycles. The second-order valence-electron chi connectivity index (χ2n) is 1.41. The molecule has 0 aromatic carbocycles. The van der Waals surface area contributed by atoms with Gasteiger partial charge in [0.1, 0.15) is 5.03 Å². The Morgan fingerprint density at radius 1 is 1.30 bits per heavy atom. The van der Waals surface area contributed by atoms with Crippen LogP contribution in [0.25, 0.3) is 0 Å². The molecule has 0 radical (unpaired) electrons. The number of pyridine rings is 1. The molecule has 5 heteroatoms. The summed E-state index contributed by atoms with van der Waals surface area (Å²) in [6.45, 7) is 0. The molecule has 0 atom stereocenters. The van der Waals surface area contributed by atoms with E-state index in [0.717, 1.165) is 0 Å². The molecule has 0 fully saturated rings. The maximum absolute atomic E-state index is 4.03. The monoisotopic (exact) mass is 209 g/mol. The van der Waals surface area contributed by atoms with Crippen LogP contribution >= 0.6 is 11.8 Å². The molecule has 1 aromatic rings. The predicted molar refractivity (Wildman–Crippen MR) is 35.6 cm³/mol. The van der Waals surface area contributed by atoms with Crippen LogP contribution in [0.4, 0.5) is 0 Å². The van der Waals surface area contributed by atoms with Gasteiger partial charge in [-0.2, -0.15) is 0 Å². The molecule has 2 rings (SSSR count). The van der Waals surface area contributed by atoms with Gasteiger partial charge in [-0.1, -0.05) is 11.8 Å². The molecule has 4 N–H and O–H groups in total. The maximum atomic E-state index is 4.03. The third-order valence-electron chi connectivity index (χ3n) is 0.901. The van der Waals surface area contributed by atoms with Gasteiger partial charge in [-0.3, -0.25) is 0 Å². The van der Waals surface area contributed by atoms with E-state index in [1.165, 1.54) is 9.92 Å². The zero-order valence-electron chi connectivity index (χ0n) is 5.29. The molecule has 0 bridgehead atoms. The van der Waals surface area contributed by atoms with Crippen molar-refractivity contribution in [1.29, 1.82) is 0 Å². The van der Waals surface area contributed by atoms with Crippen LogP contribution in [0.15, 0.2) is 28.3 Å². The predicted octanol–water partition coefficient (Wildman–Crippen LogP) is -0.106. The van der Waals surface area contributed by atoms with Crippen LogP contribution < -0.4 is 0 Å². The molecule has 0 saturated carbocycles. The van der Waals surface area contributed by atoms with Gasteiger partial charge < -0.3 is 11.0 Å². The van der Waals surface area contributed by atoms with Gasteiger partial charge in [0, 0.05) is 30.6 Å². The van der Waals surface area contributed by atoms with Gasteiger partial charge in [-0.05, 0) is 12.1 Å². The van der Waals surface area contributed by atoms with Crippen molar-refractivity contribution in [3.05, 3.63) is 18.3 Å². The first-order valence-corrected chi connectivity index (χ1v) is 2.91. The van der Waals surface area contributed by atoms with E-state index in [-0.39, 0.29) is 30.4 Å². The van der Waals surface area contributed by atoms with Crippen molar-refractivity contribution in [1.82, 2.24) is 4.98 Å². The third-order valence-corrected chi connectivity index (χ3v) is 1.77. The van der Waals surface area contributed by atoms with Crippen molar-refractivity contribution in [3.63, 3.8) is 0 Å². The van der Waals surface area contributed by atoms with Crippen LogP contribution in [0.1, 0.15) is 0 Å². The standard InChI is InChI=1S/C5H3NS.2H2O.Zn/c1-2-4-5(7-4)6-3-1;;;/h1-3H;2*1H2;. The molecular weight excluding hydrogens is 204 g/mol. The van der Waals surface area contributed by atoms with Crippen molar-refractivity contribution >= 4 is 11.8 Å². The van der Waals surface area contributed by atoms with E-state index >= 15 is 0 Å². The SMILES string of the molecule is O.O.[Zn].c1cnc2c(c1)S2. The number of nitrogens with zero attached hydrogens (tertiary/aromatic N) is 1. The van der Waals surface area contributed by atoms with Crippen molar-refractivity contribution in [3.8, 4) is 0 Å². The van der Waals surface area contributed by atoms with E-state index in [1.54, 1.807) is 11.8 Å². The van der Waals surface area contributed by atoms with Crippen molar-refractivity contribution in [2.45, 2.75) is 9.92 Å². The van der Waals surface area contributed by atoms with Gasteiger partial charge in [-0.15, -0.1) is 0 Å². The quantitative estimate of drug-likeness (QED) is 0.450. The topological polar surface area (TPSA) is 75.9 Å². The molecule has 0 unspecified atom stereocenters. The van der Waals surface area contributed by atoms with Crippen molar-refractivity contribution < 1.29 is 30.4 Å². The Kier molecular flexibility index (Phi) is 6.09. The van der Waals surface area contributed by atoms with Crippen LogP contribution in [0.5, 0.6) is 0 Å². The molecular formula is C5H7NO2SZn. The maximum Gasteiger partial charge on any atom is 0.115 e. The van der Waals surface area contributed by atoms with Gasteiger partial charge in [0.15, 0.2) is 0 Å². The number of hydrogen-bond donors (Lipinski definition) is 0. The van der Waals surface area contributed by atoms with E-state index in [9.17, 15) is 0 Å². The molecule has 0 saturated heterocycles. The molecule has 2 heterocycles. The Morgan fingerprint density at radius 2 is 2.00 bits per heavy atom. The Balaban J connectivity index is 0.